The standard InChI is InChI=1S/C18H18ClN5O2/c1-9-5-10(2)17(13(19)6-9)22-15-8-14(20-12(4)21-15)18(25)23-16-7-11(3)26-24-16/h5-8H,1-4H3,(H,20,21,22)(H,23,24,25). The van der Waals surface area contributed by atoms with Gasteiger partial charge in [-0.05, 0) is 44.9 Å². The summed E-state index contributed by atoms with van der Waals surface area (Å²) in [4.78, 5) is 20.9. The third kappa shape index (κ3) is 4.00. The van der Waals surface area contributed by atoms with Crippen molar-refractivity contribution < 1.29 is 9.32 Å². The monoisotopic (exact) mass is 371 g/mol. The molecule has 0 atom stereocenters. The fraction of sp³-hybridized carbons (Fsp3) is 0.222. The summed E-state index contributed by atoms with van der Waals surface area (Å²) in [7, 11) is 0. The molecule has 8 heteroatoms. The molecule has 1 aromatic carbocycles. The van der Waals surface area contributed by atoms with Gasteiger partial charge in [-0.25, -0.2) is 9.97 Å². The number of benzene rings is 1. The van der Waals surface area contributed by atoms with E-state index in [0.717, 1.165) is 16.8 Å². The largest absolute Gasteiger partial charge is 0.360 e. The van der Waals surface area contributed by atoms with Crippen molar-refractivity contribution in [1.82, 2.24) is 15.1 Å². The zero-order valence-corrected chi connectivity index (χ0v) is 15.6. The van der Waals surface area contributed by atoms with Gasteiger partial charge in [-0.2, -0.15) is 0 Å². The molecule has 1 amide bonds. The normalized spacial score (nSPS) is 10.7. The fourth-order valence-electron chi connectivity index (χ4n) is 2.56. The van der Waals surface area contributed by atoms with E-state index in [9.17, 15) is 4.79 Å². The Bertz CT molecular complexity index is 960. The maximum Gasteiger partial charge on any atom is 0.275 e. The van der Waals surface area contributed by atoms with Crippen molar-refractivity contribution in [1.29, 1.82) is 0 Å². The first-order valence-corrected chi connectivity index (χ1v) is 8.34. The number of rotatable bonds is 4. The van der Waals surface area contributed by atoms with Gasteiger partial charge >= 0.3 is 0 Å². The molecule has 0 radical (unpaired) electrons. The predicted octanol–water partition coefficient (Wildman–Crippen LogP) is 4.35. The van der Waals surface area contributed by atoms with E-state index in [2.05, 4.69) is 25.8 Å². The highest BCUT2D eigenvalue weighted by Gasteiger charge is 2.14. The smallest absolute Gasteiger partial charge is 0.275 e. The molecule has 3 rings (SSSR count). The molecule has 3 aromatic rings. The molecular weight excluding hydrogens is 354 g/mol. The molecule has 0 unspecified atom stereocenters. The molecule has 0 spiro atoms. The number of hydrogen-bond donors (Lipinski definition) is 2. The lowest BCUT2D eigenvalue weighted by atomic mass is 10.1. The van der Waals surface area contributed by atoms with Crippen LogP contribution in [0.15, 0.2) is 28.8 Å². The number of amides is 1. The Morgan fingerprint density at radius 2 is 1.81 bits per heavy atom. The molecular formula is C18H18ClN5O2. The molecule has 2 N–H and O–H groups in total. The molecule has 0 saturated heterocycles. The minimum Gasteiger partial charge on any atom is -0.360 e. The van der Waals surface area contributed by atoms with Crippen molar-refractivity contribution in [3.8, 4) is 0 Å². The van der Waals surface area contributed by atoms with E-state index in [1.54, 1.807) is 26.0 Å². The summed E-state index contributed by atoms with van der Waals surface area (Å²) >= 11 is 6.33. The molecule has 0 aliphatic heterocycles. The minimum atomic E-state index is -0.404. The Kier molecular flexibility index (Phi) is 4.90. The van der Waals surface area contributed by atoms with Crippen LogP contribution in [0.25, 0.3) is 0 Å². The second-order valence-electron chi connectivity index (χ2n) is 6.03. The van der Waals surface area contributed by atoms with Crippen LogP contribution in [0.5, 0.6) is 0 Å². The molecule has 0 aliphatic rings. The number of aromatic nitrogens is 3. The molecule has 134 valence electrons. The van der Waals surface area contributed by atoms with Gasteiger partial charge in [0.2, 0.25) is 0 Å². The molecule has 0 saturated carbocycles. The van der Waals surface area contributed by atoms with Gasteiger partial charge in [0.05, 0.1) is 10.7 Å². The molecule has 0 bridgehead atoms. The van der Waals surface area contributed by atoms with Crippen LogP contribution in [0, 0.1) is 27.7 Å². The zero-order chi connectivity index (χ0) is 18.8. The van der Waals surface area contributed by atoms with Gasteiger partial charge in [-0.15, -0.1) is 0 Å². The van der Waals surface area contributed by atoms with Gasteiger partial charge < -0.3 is 15.2 Å². The number of nitrogens with one attached hydrogen (secondary N) is 2. The molecule has 26 heavy (non-hydrogen) atoms. The summed E-state index contributed by atoms with van der Waals surface area (Å²) in [6.45, 7) is 7.39. The maximum absolute atomic E-state index is 12.4. The van der Waals surface area contributed by atoms with E-state index in [4.69, 9.17) is 16.1 Å². The Morgan fingerprint density at radius 3 is 2.46 bits per heavy atom. The van der Waals surface area contributed by atoms with Crippen LogP contribution in [0.1, 0.15) is 33.2 Å². The molecule has 7 nitrogen and oxygen atoms in total. The van der Waals surface area contributed by atoms with E-state index in [0.29, 0.717) is 28.2 Å². The second-order valence-corrected chi connectivity index (χ2v) is 6.43. The molecule has 0 aliphatic carbocycles. The third-order valence-electron chi connectivity index (χ3n) is 3.62. The van der Waals surface area contributed by atoms with E-state index in [1.807, 2.05) is 26.0 Å². The number of carbonyl (C=O) groups excluding carboxylic acids is 1. The number of carbonyl (C=O) groups is 1. The van der Waals surface area contributed by atoms with Crippen molar-refractivity contribution >= 4 is 34.8 Å². The van der Waals surface area contributed by atoms with Crippen LogP contribution in [-0.4, -0.2) is 21.0 Å². The average molecular weight is 372 g/mol. The lowest BCUT2D eigenvalue weighted by Crippen LogP contribution is -2.15. The Hall–Kier alpha value is -2.93. The first-order chi connectivity index (χ1) is 12.3. The summed E-state index contributed by atoms with van der Waals surface area (Å²) in [6.07, 6.45) is 0. The van der Waals surface area contributed by atoms with E-state index in [-0.39, 0.29) is 5.69 Å². The summed E-state index contributed by atoms with van der Waals surface area (Å²) in [5.74, 6) is 1.46. The van der Waals surface area contributed by atoms with Crippen molar-refractivity contribution in [2.75, 3.05) is 10.6 Å². The summed E-state index contributed by atoms with van der Waals surface area (Å²) < 4.78 is 4.94. The number of anilines is 3. The van der Waals surface area contributed by atoms with Crippen LogP contribution in [0.3, 0.4) is 0 Å². The van der Waals surface area contributed by atoms with Crippen LogP contribution in [0.4, 0.5) is 17.3 Å². The van der Waals surface area contributed by atoms with Gasteiger partial charge in [0, 0.05) is 12.1 Å². The quantitative estimate of drug-likeness (QED) is 0.708. The van der Waals surface area contributed by atoms with Crippen molar-refractivity contribution in [2.45, 2.75) is 27.7 Å². The van der Waals surface area contributed by atoms with Crippen LogP contribution >= 0.6 is 11.6 Å². The number of halogens is 1. The SMILES string of the molecule is Cc1cc(C)c(Nc2cc(C(=O)Nc3cc(C)on3)nc(C)n2)c(Cl)c1. The van der Waals surface area contributed by atoms with Crippen LogP contribution < -0.4 is 10.6 Å². The van der Waals surface area contributed by atoms with E-state index < -0.39 is 5.91 Å². The maximum atomic E-state index is 12.4. The van der Waals surface area contributed by atoms with E-state index >= 15 is 0 Å². The van der Waals surface area contributed by atoms with Crippen molar-refractivity contribution in [3.05, 3.63) is 57.7 Å². The topological polar surface area (TPSA) is 92.9 Å². The van der Waals surface area contributed by atoms with Crippen molar-refractivity contribution in [2.24, 2.45) is 0 Å². The fourth-order valence-corrected chi connectivity index (χ4v) is 2.92. The number of nitrogens with zero attached hydrogens (tertiary/aromatic N) is 3. The molecule has 2 heterocycles. The highest BCUT2D eigenvalue weighted by molar-refractivity contribution is 6.33. The first kappa shape index (κ1) is 17.9. The second kappa shape index (κ2) is 7.13. The third-order valence-corrected chi connectivity index (χ3v) is 3.92. The molecule has 2 aromatic heterocycles. The molecule has 0 fully saturated rings. The lowest BCUT2D eigenvalue weighted by Gasteiger charge is -2.13. The van der Waals surface area contributed by atoms with Gasteiger partial charge in [0.1, 0.15) is 23.1 Å². The Labute approximate surface area is 155 Å². The highest BCUT2D eigenvalue weighted by atomic mass is 35.5. The van der Waals surface area contributed by atoms with E-state index in [1.165, 1.54) is 0 Å². The summed E-state index contributed by atoms with van der Waals surface area (Å²) in [5.41, 5.74) is 3.01. The number of hydrogen-bond acceptors (Lipinski definition) is 6. The van der Waals surface area contributed by atoms with Crippen LogP contribution in [0.2, 0.25) is 5.02 Å². The predicted molar refractivity (Wildman–Crippen MR) is 100 cm³/mol. The summed E-state index contributed by atoms with van der Waals surface area (Å²) in [6, 6.07) is 7.07. The highest BCUT2D eigenvalue weighted by Crippen LogP contribution is 2.29. The Morgan fingerprint density at radius 1 is 1.04 bits per heavy atom. The minimum absolute atomic E-state index is 0.210. The zero-order valence-electron chi connectivity index (χ0n) is 14.8. The summed E-state index contributed by atoms with van der Waals surface area (Å²) in [5, 5.41) is 10.1. The lowest BCUT2D eigenvalue weighted by molar-refractivity contribution is 0.102. The Balaban J connectivity index is 1.87. The van der Waals surface area contributed by atoms with Crippen molar-refractivity contribution in [3.63, 3.8) is 0 Å². The van der Waals surface area contributed by atoms with Gasteiger partial charge in [0.15, 0.2) is 5.82 Å². The van der Waals surface area contributed by atoms with Gasteiger partial charge in [-0.1, -0.05) is 22.8 Å². The van der Waals surface area contributed by atoms with Crippen LogP contribution in [-0.2, 0) is 0 Å². The van der Waals surface area contributed by atoms with Gasteiger partial charge in [-0.3, -0.25) is 4.79 Å². The first-order valence-electron chi connectivity index (χ1n) is 7.96. The average Bonchev–Trinajstić information content (AvgIpc) is 2.95. The number of aryl methyl sites for hydroxylation is 4. The van der Waals surface area contributed by atoms with Gasteiger partial charge in [0.25, 0.3) is 5.91 Å².